The van der Waals surface area contributed by atoms with Gasteiger partial charge in [0.2, 0.25) is 0 Å². The fourth-order valence-corrected chi connectivity index (χ4v) is 4.23. The van der Waals surface area contributed by atoms with E-state index in [2.05, 4.69) is 9.97 Å². The van der Waals surface area contributed by atoms with Crippen molar-refractivity contribution in [2.75, 3.05) is 20.6 Å². The number of aromatic nitrogens is 2. The fraction of sp³-hybridized carbons (Fsp3) is 0.308. The zero-order chi connectivity index (χ0) is 22.7. The van der Waals surface area contributed by atoms with E-state index in [1.165, 1.54) is 4.90 Å². The second-order valence-electron chi connectivity index (χ2n) is 8.35. The molecule has 1 aliphatic heterocycles. The molecular weight excluding hydrogens is 400 g/mol. The van der Waals surface area contributed by atoms with Crippen LogP contribution in [0.3, 0.4) is 0 Å². The Kier molecular flexibility index (Phi) is 6.30. The van der Waals surface area contributed by atoms with Gasteiger partial charge in [-0.3, -0.25) is 9.59 Å². The lowest BCUT2D eigenvalue weighted by atomic mass is 9.95. The van der Waals surface area contributed by atoms with Crippen LogP contribution in [0.15, 0.2) is 60.8 Å². The summed E-state index contributed by atoms with van der Waals surface area (Å²) in [7, 11) is 3.42. The van der Waals surface area contributed by atoms with E-state index >= 15 is 0 Å². The molecule has 6 nitrogen and oxygen atoms in total. The van der Waals surface area contributed by atoms with Crippen molar-refractivity contribution in [2.45, 2.75) is 32.2 Å². The Hall–Kier alpha value is -3.54. The molecule has 1 saturated heterocycles. The second-order valence-corrected chi connectivity index (χ2v) is 8.35. The summed E-state index contributed by atoms with van der Waals surface area (Å²) in [6, 6.07) is 17.5. The zero-order valence-corrected chi connectivity index (χ0v) is 18.8. The number of benzene rings is 2. The Balaban J connectivity index is 1.68. The summed E-state index contributed by atoms with van der Waals surface area (Å²) >= 11 is 0. The molecule has 1 fully saturated rings. The van der Waals surface area contributed by atoms with Crippen molar-refractivity contribution < 1.29 is 9.59 Å². The van der Waals surface area contributed by atoms with Crippen LogP contribution in [0.4, 0.5) is 0 Å². The van der Waals surface area contributed by atoms with E-state index in [9.17, 15) is 9.59 Å². The monoisotopic (exact) mass is 428 g/mol. The highest BCUT2D eigenvalue weighted by atomic mass is 16.2. The summed E-state index contributed by atoms with van der Waals surface area (Å²) in [4.78, 5) is 38.7. The molecule has 2 aromatic carbocycles. The standard InChI is InChI=1S/C26H28N4O2/c1-18-22(25(31)29(2)3)17-27-24(28-18)23-15-9-10-16-30(23)26(32)21-14-8-7-13-20(21)19-11-5-4-6-12-19/h4-8,11-14,17,23H,9-10,15-16H2,1-3H3/t23-/m1/s1. The van der Waals surface area contributed by atoms with E-state index in [0.29, 0.717) is 29.2 Å². The van der Waals surface area contributed by atoms with Gasteiger partial charge in [0.1, 0.15) is 0 Å². The van der Waals surface area contributed by atoms with Gasteiger partial charge in [-0.2, -0.15) is 0 Å². The van der Waals surface area contributed by atoms with Crippen molar-refractivity contribution in [1.82, 2.24) is 19.8 Å². The molecule has 6 heteroatoms. The largest absolute Gasteiger partial charge is 0.345 e. The number of hydrogen-bond acceptors (Lipinski definition) is 4. The van der Waals surface area contributed by atoms with Crippen LogP contribution in [0.25, 0.3) is 11.1 Å². The van der Waals surface area contributed by atoms with Crippen molar-refractivity contribution in [3.05, 3.63) is 83.4 Å². The number of amides is 2. The number of carbonyl (C=O) groups is 2. The highest BCUT2D eigenvalue weighted by Gasteiger charge is 2.32. The van der Waals surface area contributed by atoms with Crippen LogP contribution in [0.1, 0.15) is 57.5 Å². The number of nitrogens with zero attached hydrogens (tertiary/aromatic N) is 4. The van der Waals surface area contributed by atoms with Crippen LogP contribution < -0.4 is 0 Å². The van der Waals surface area contributed by atoms with E-state index in [1.807, 2.05) is 66.4 Å². The first-order chi connectivity index (χ1) is 15.5. The van der Waals surface area contributed by atoms with E-state index in [1.54, 1.807) is 20.3 Å². The van der Waals surface area contributed by atoms with Gasteiger partial charge < -0.3 is 9.80 Å². The Morgan fingerprint density at radius 2 is 1.69 bits per heavy atom. The minimum atomic E-state index is -0.206. The van der Waals surface area contributed by atoms with E-state index in [0.717, 1.165) is 30.4 Å². The quantitative estimate of drug-likeness (QED) is 0.613. The van der Waals surface area contributed by atoms with Crippen LogP contribution in [0.5, 0.6) is 0 Å². The van der Waals surface area contributed by atoms with Crippen LogP contribution >= 0.6 is 0 Å². The summed E-state index contributed by atoms with van der Waals surface area (Å²) in [5.74, 6) is 0.467. The molecule has 1 aromatic heterocycles. The van der Waals surface area contributed by atoms with Crippen molar-refractivity contribution >= 4 is 11.8 Å². The summed E-state index contributed by atoms with van der Waals surface area (Å²) in [6.45, 7) is 2.48. The van der Waals surface area contributed by atoms with Crippen molar-refractivity contribution in [3.8, 4) is 11.1 Å². The lowest BCUT2D eigenvalue weighted by Crippen LogP contribution is -2.39. The van der Waals surface area contributed by atoms with Gasteiger partial charge in [0.15, 0.2) is 5.82 Å². The maximum atomic E-state index is 13.7. The molecule has 2 heterocycles. The van der Waals surface area contributed by atoms with Crippen molar-refractivity contribution in [2.24, 2.45) is 0 Å². The van der Waals surface area contributed by atoms with Crippen LogP contribution in [-0.4, -0.2) is 52.2 Å². The predicted molar refractivity (Wildman–Crippen MR) is 124 cm³/mol. The van der Waals surface area contributed by atoms with Gasteiger partial charge in [0.05, 0.1) is 17.3 Å². The first-order valence-corrected chi connectivity index (χ1v) is 11.0. The predicted octanol–water partition coefficient (Wildman–Crippen LogP) is 4.52. The van der Waals surface area contributed by atoms with Crippen LogP contribution in [-0.2, 0) is 0 Å². The molecule has 4 rings (SSSR count). The molecule has 0 bridgehead atoms. The summed E-state index contributed by atoms with van der Waals surface area (Å²) in [5.41, 5.74) is 3.75. The van der Waals surface area contributed by atoms with Crippen LogP contribution in [0.2, 0.25) is 0 Å². The minimum Gasteiger partial charge on any atom is -0.345 e. The van der Waals surface area contributed by atoms with Crippen molar-refractivity contribution in [3.63, 3.8) is 0 Å². The van der Waals surface area contributed by atoms with E-state index < -0.39 is 0 Å². The van der Waals surface area contributed by atoms with E-state index in [-0.39, 0.29) is 17.9 Å². The fourth-order valence-electron chi connectivity index (χ4n) is 4.23. The zero-order valence-electron chi connectivity index (χ0n) is 18.8. The summed E-state index contributed by atoms with van der Waals surface area (Å²) in [6.07, 6.45) is 4.36. The molecule has 0 saturated carbocycles. The first kappa shape index (κ1) is 21.7. The second kappa shape index (κ2) is 9.30. The Morgan fingerprint density at radius 3 is 2.41 bits per heavy atom. The smallest absolute Gasteiger partial charge is 0.256 e. The van der Waals surface area contributed by atoms with Gasteiger partial charge in [0, 0.05) is 32.4 Å². The number of carbonyl (C=O) groups excluding carboxylic acids is 2. The number of piperidine rings is 1. The lowest BCUT2D eigenvalue weighted by Gasteiger charge is -2.35. The van der Waals surface area contributed by atoms with Gasteiger partial charge in [-0.1, -0.05) is 48.5 Å². The highest BCUT2D eigenvalue weighted by Crippen LogP contribution is 2.33. The van der Waals surface area contributed by atoms with Crippen molar-refractivity contribution in [1.29, 1.82) is 0 Å². The third-order valence-corrected chi connectivity index (χ3v) is 5.94. The van der Waals surface area contributed by atoms with Gasteiger partial charge >= 0.3 is 0 Å². The normalized spacial score (nSPS) is 16.0. The Labute approximate surface area is 188 Å². The Bertz CT molecular complexity index is 1130. The molecule has 1 atom stereocenters. The third kappa shape index (κ3) is 4.26. The molecule has 0 N–H and O–H groups in total. The molecule has 0 aliphatic carbocycles. The number of aryl methyl sites for hydroxylation is 1. The highest BCUT2D eigenvalue weighted by molar-refractivity contribution is 6.01. The topological polar surface area (TPSA) is 66.4 Å². The molecule has 0 radical (unpaired) electrons. The average molecular weight is 429 g/mol. The molecule has 1 aliphatic rings. The minimum absolute atomic E-state index is 0.0103. The number of likely N-dealkylation sites (tertiary alicyclic amines) is 1. The average Bonchev–Trinajstić information content (AvgIpc) is 2.83. The summed E-state index contributed by atoms with van der Waals surface area (Å²) < 4.78 is 0. The van der Waals surface area contributed by atoms with Gasteiger partial charge in [-0.15, -0.1) is 0 Å². The number of hydrogen-bond donors (Lipinski definition) is 0. The molecular formula is C26H28N4O2. The molecule has 3 aromatic rings. The Morgan fingerprint density at radius 1 is 0.969 bits per heavy atom. The lowest BCUT2D eigenvalue weighted by molar-refractivity contribution is 0.0599. The van der Waals surface area contributed by atoms with Gasteiger partial charge in [0.25, 0.3) is 11.8 Å². The van der Waals surface area contributed by atoms with Crippen LogP contribution in [0, 0.1) is 6.92 Å². The SMILES string of the molecule is Cc1nc([C@H]2CCCCN2C(=O)c2ccccc2-c2ccccc2)ncc1C(=O)N(C)C. The summed E-state index contributed by atoms with van der Waals surface area (Å²) in [5, 5.41) is 0. The molecule has 0 unspecified atom stereocenters. The maximum absolute atomic E-state index is 13.7. The first-order valence-electron chi connectivity index (χ1n) is 11.0. The molecule has 0 spiro atoms. The molecule has 2 amide bonds. The van der Waals surface area contributed by atoms with Gasteiger partial charge in [-0.05, 0) is 43.4 Å². The van der Waals surface area contributed by atoms with E-state index in [4.69, 9.17) is 0 Å². The third-order valence-electron chi connectivity index (χ3n) is 5.94. The maximum Gasteiger partial charge on any atom is 0.256 e. The number of rotatable bonds is 4. The molecule has 164 valence electrons. The molecule has 32 heavy (non-hydrogen) atoms. The van der Waals surface area contributed by atoms with Gasteiger partial charge in [-0.25, -0.2) is 9.97 Å².